The lowest BCUT2D eigenvalue weighted by atomic mass is 9.95. The van der Waals surface area contributed by atoms with Crippen LogP contribution in [-0.4, -0.2) is 24.1 Å². The third kappa shape index (κ3) is 3.71. The molecular weight excluding hydrogens is 246 g/mol. The van der Waals surface area contributed by atoms with Gasteiger partial charge in [0.1, 0.15) is 11.7 Å². The van der Waals surface area contributed by atoms with Crippen molar-refractivity contribution in [3.8, 4) is 5.75 Å². The van der Waals surface area contributed by atoms with Crippen LogP contribution < -0.4 is 10.1 Å². The van der Waals surface area contributed by atoms with Crippen LogP contribution in [0.5, 0.6) is 5.75 Å². The summed E-state index contributed by atoms with van der Waals surface area (Å²) in [5.74, 6) is -2.22. The highest BCUT2D eigenvalue weighted by Crippen LogP contribution is 2.22. The number of rotatable bonds is 5. The number of ether oxygens (including phenoxy) is 1. The maximum Gasteiger partial charge on any atom is 0.316 e. The summed E-state index contributed by atoms with van der Waals surface area (Å²) in [5, 5.41) is 11.7. The molecule has 0 aliphatic carbocycles. The summed E-state index contributed by atoms with van der Waals surface area (Å²) in [7, 11) is 1.57. The third-order valence-corrected chi connectivity index (χ3v) is 2.88. The Kier molecular flexibility index (Phi) is 4.92. The molecule has 0 spiro atoms. The lowest BCUT2D eigenvalue weighted by Gasteiger charge is -2.16. The molecule has 19 heavy (non-hydrogen) atoms. The Bertz CT molecular complexity index is 482. The summed E-state index contributed by atoms with van der Waals surface area (Å²) < 4.78 is 5.12. The van der Waals surface area contributed by atoms with Crippen molar-refractivity contribution in [1.82, 2.24) is 0 Å². The maximum absolute atomic E-state index is 11.9. The highest BCUT2D eigenvalue weighted by molar-refractivity contribution is 6.04. The summed E-state index contributed by atoms with van der Waals surface area (Å²) in [5.41, 5.74) is 1.44. The molecular formula is C14H19NO4. The van der Waals surface area contributed by atoms with Crippen LogP contribution in [0.15, 0.2) is 18.2 Å². The molecule has 0 aliphatic heterocycles. The largest absolute Gasteiger partial charge is 0.496 e. The van der Waals surface area contributed by atoms with Gasteiger partial charge in [0.15, 0.2) is 0 Å². The molecule has 1 aromatic carbocycles. The Morgan fingerprint density at radius 2 is 1.95 bits per heavy atom. The minimum absolute atomic E-state index is 0.267. The van der Waals surface area contributed by atoms with Crippen LogP contribution in [0.1, 0.15) is 19.4 Å². The van der Waals surface area contributed by atoms with Gasteiger partial charge in [0.25, 0.3) is 0 Å². The van der Waals surface area contributed by atoms with Crippen LogP contribution in [0.4, 0.5) is 5.69 Å². The molecule has 1 unspecified atom stereocenters. The van der Waals surface area contributed by atoms with E-state index in [0.29, 0.717) is 5.69 Å². The molecule has 104 valence electrons. The molecule has 0 aromatic heterocycles. The van der Waals surface area contributed by atoms with Gasteiger partial charge in [-0.3, -0.25) is 9.59 Å². The lowest BCUT2D eigenvalue weighted by Crippen LogP contribution is -2.33. The quantitative estimate of drug-likeness (QED) is 0.801. The number of carbonyl (C=O) groups excluding carboxylic acids is 1. The fraction of sp³-hybridized carbons (Fsp3) is 0.429. The topological polar surface area (TPSA) is 75.6 Å². The molecule has 0 fully saturated rings. The first-order valence-electron chi connectivity index (χ1n) is 6.05. The van der Waals surface area contributed by atoms with Gasteiger partial charge in [-0.2, -0.15) is 0 Å². The first-order chi connectivity index (χ1) is 8.86. The van der Waals surface area contributed by atoms with Gasteiger partial charge >= 0.3 is 5.97 Å². The number of benzene rings is 1. The Hall–Kier alpha value is -2.04. The highest BCUT2D eigenvalue weighted by atomic mass is 16.5. The second-order valence-corrected chi connectivity index (χ2v) is 4.73. The fourth-order valence-electron chi connectivity index (χ4n) is 1.88. The van der Waals surface area contributed by atoms with Crippen LogP contribution in [0.2, 0.25) is 0 Å². The fourth-order valence-corrected chi connectivity index (χ4v) is 1.88. The van der Waals surface area contributed by atoms with Gasteiger partial charge in [-0.15, -0.1) is 0 Å². The first kappa shape index (κ1) is 15.0. The molecule has 0 bridgehead atoms. The number of amides is 1. The second kappa shape index (κ2) is 6.22. The number of aliphatic carboxylic acids is 1. The second-order valence-electron chi connectivity index (χ2n) is 4.73. The van der Waals surface area contributed by atoms with E-state index in [1.807, 2.05) is 6.92 Å². The van der Waals surface area contributed by atoms with Crippen molar-refractivity contribution < 1.29 is 19.4 Å². The summed E-state index contributed by atoms with van der Waals surface area (Å²) in [6.45, 7) is 5.26. The van der Waals surface area contributed by atoms with Crippen molar-refractivity contribution in [3.05, 3.63) is 23.8 Å². The molecule has 1 rings (SSSR count). The van der Waals surface area contributed by atoms with E-state index in [4.69, 9.17) is 9.84 Å². The zero-order valence-corrected chi connectivity index (χ0v) is 11.6. The molecule has 5 heteroatoms. The normalized spacial score (nSPS) is 12.1. The zero-order chi connectivity index (χ0) is 14.6. The molecule has 0 saturated carbocycles. The monoisotopic (exact) mass is 265 g/mol. The number of carbonyl (C=O) groups is 2. The molecule has 5 nitrogen and oxygen atoms in total. The molecule has 1 amide bonds. The molecule has 2 N–H and O–H groups in total. The molecule has 0 saturated heterocycles. The van der Waals surface area contributed by atoms with E-state index in [-0.39, 0.29) is 5.92 Å². The average Bonchev–Trinajstić information content (AvgIpc) is 2.27. The van der Waals surface area contributed by atoms with Crippen molar-refractivity contribution in [3.63, 3.8) is 0 Å². The SMILES string of the molecule is COc1ccc(NC(=O)C(C(=O)O)C(C)C)cc1C. The number of nitrogens with one attached hydrogen (secondary N) is 1. The van der Waals surface area contributed by atoms with Crippen LogP contribution in [0.3, 0.4) is 0 Å². The van der Waals surface area contributed by atoms with Gasteiger partial charge in [-0.25, -0.2) is 0 Å². The Morgan fingerprint density at radius 1 is 1.32 bits per heavy atom. The van der Waals surface area contributed by atoms with Crippen LogP contribution >= 0.6 is 0 Å². The van der Waals surface area contributed by atoms with Gasteiger partial charge in [0.2, 0.25) is 5.91 Å². The summed E-state index contributed by atoms with van der Waals surface area (Å²) in [6, 6.07) is 5.16. The Balaban J connectivity index is 2.87. The predicted octanol–water partition coefficient (Wildman–Crippen LogP) is 2.30. The van der Waals surface area contributed by atoms with E-state index >= 15 is 0 Å². The van der Waals surface area contributed by atoms with Gasteiger partial charge in [-0.1, -0.05) is 13.8 Å². The number of methoxy groups -OCH3 is 1. The predicted molar refractivity (Wildman–Crippen MR) is 72.3 cm³/mol. The van der Waals surface area contributed by atoms with Gasteiger partial charge < -0.3 is 15.2 Å². The summed E-state index contributed by atoms with van der Waals surface area (Å²) >= 11 is 0. The number of carboxylic acids is 1. The number of carboxylic acid groups (broad SMARTS) is 1. The van der Waals surface area contributed by atoms with Gasteiger partial charge in [-0.05, 0) is 36.6 Å². The van der Waals surface area contributed by atoms with Crippen LogP contribution in [-0.2, 0) is 9.59 Å². The standard InChI is InChI=1S/C14H19NO4/c1-8(2)12(14(17)18)13(16)15-10-5-6-11(19-4)9(3)7-10/h5-8,12H,1-4H3,(H,15,16)(H,17,18). The molecule has 0 radical (unpaired) electrons. The van der Waals surface area contributed by atoms with Crippen molar-refractivity contribution in [1.29, 1.82) is 0 Å². The van der Waals surface area contributed by atoms with Crippen LogP contribution in [0, 0.1) is 18.8 Å². The van der Waals surface area contributed by atoms with E-state index in [1.54, 1.807) is 39.2 Å². The van der Waals surface area contributed by atoms with Crippen molar-refractivity contribution in [2.45, 2.75) is 20.8 Å². The zero-order valence-electron chi connectivity index (χ0n) is 11.6. The van der Waals surface area contributed by atoms with Crippen molar-refractivity contribution in [2.24, 2.45) is 11.8 Å². The van der Waals surface area contributed by atoms with E-state index in [2.05, 4.69) is 5.32 Å². The maximum atomic E-state index is 11.9. The van der Waals surface area contributed by atoms with E-state index in [9.17, 15) is 9.59 Å². The van der Waals surface area contributed by atoms with E-state index in [1.165, 1.54) is 0 Å². The van der Waals surface area contributed by atoms with Gasteiger partial charge in [0, 0.05) is 5.69 Å². The third-order valence-electron chi connectivity index (χ3n) is 2.88. The first-order valence-corrected chi connectivity index (χ1v) is 6.05. The number of anilines is 1. The van der Waals surface area contributed by atoms with E-state index in [0.717, 1.165) is 11.3 Å². The lowest BCUT2D eigenvalue weighted by molar-refractivity contribution is -0.147. The molecule has 0 aliphatic rings. The van der Waals surface area contributed by atoms with Crippen molar-refractivity contribution >= 4 is 17.6 Å². The van der Waals surface area contributed by atoms with E-state index < -0.39 is 17.8 Å². The molecule has 1 aromatic rings. The number of hydrogen-bond acceptors (Lipinski definition) is 3. The van der Waals surface area contributed by atoms with Crippen LogP contribution in [0.25, 0.3) is 0 Å². The number of aryl methyl sites for hydroxylation is 1. The molecule has 0 heterocycles. The summed E-state index contributed by atoms with van der Waals surface area (Å²) in [4.78, 5) is 23.0. The average molecular weight is 265 g/mol. The minimum Gasteiger partial charge on any atom is -0.496 e. The van der Waals surface area contributed by atoms with Gasteiger partial charge in [0.05, 0.1) is 7.11 Å². The Labute approximate surface area is 112 Å². The summed E-state index contributed by atoms with van der Waals surface area (Å²) in [6.07, 6.45) is 0. The smallest absolute Gasteiger partial charge is 0.316 e. The Morgan fingerprint density at radius 3 is 2.37 bits per heavy atom. The minimum atomic E-state index is -1.11. The molecule has 1 atom stereocenters. The number of hydrogen-bond donors (Lipinski definition) is 2. The van der Waals surface area contributed by atoms with Crippen molar-refractivity contribution in [2.75, 3.05) is 12.4 Å². The highest BCUT2D eigenvalue weighted by Gasteiger charge is 2.29.